The number of rotatable bonds is 14. The van der Waals surface area contributed by atoms with Gasteiger partial charge in [-0.3, -0.25) is 14.4 Å². The largest absolute Gasteiger partial charge is 0.333 e. The van der Waals surface area contributed by atoms with Crippen LogP contribution in [0.25, 0.3) is 0 Å². The molecule has 0 saturated carbocycles. The van der Waals surface area contributed by atoms with Crippen LogP contribution < -0.4 is 0 Å². The van der Waals surface area contributed by atoms with Gasteiger partial charge in [0.15, 0.2) is 0 Å². The van der Waals surface area contributed by atoms with Gasteiger partial charge >= 0.3 is 0 Å². The molecule has 2 aromatic carbocycles. The van der Waals surface area contributed by atoms with E-state index in [0.717, 1.165) is 22.3 Å². The number of halogens is 2. The molecule has 222 valence electrons. The topological polar surface area (TPSA) is 78.0 Å². The average Bonchev–Trinajstić information content (AvgIpc) is 3.51. The summed E-state index contributed by atoms with van der Waals surface area (Å²) in [4.78, 5) is 58.8. The Morgan fingerprint density at radius 1 is 0.976 bits per heavy atom. The van der Waals surface area contributed by atoms with E-state index < -0.39 is 12.1 Å². The van der Waals surface area contributed by atoms with Crippen LogP contribution in [0.1, 0.15) is 35.8 Å². The van der Waals surface area contributed by atoms with Gasteiger partial charge in [-0.15, -0.1) is 11.3 Å². The van der Waals surface area contributed by atoms with Crippen LogP contribution >= 0.6 is 34.5 Å². The molecule has 42 heavy (non-hydrogen) atoms. The highest BCUT2D eigenvalue weighted by atomic mass is 35.5. The Kier molecular flexibility index (Phi) is 11.6. The lowest BCUT2D eigenvalue weighted by Gasteiger charge is -2.41. The minimum absolute atomic E-state index is 0.0340. The zero-order valence-electron chi connectivity index (χ0n) is 23.6. The normalized spacial score (nSPS) is 16.0. The fourth-order valence-corrected chi connectivity index (χ4v) is 6.12. The van der Waals surface area contributed by atoms with Gasteiger partial charge in [0.2, 0.25) is 17.7 Å². The van der Waals surface area contributed by atoms with E-state index in [2.05, 4.69) is 0 Å². The molecule has 1 saturated heterocycles. The van der Waals surface area contributed by atoms with Gasteiger partial charge in [-0.05, 0) is 72.5 Å². The summed E-state index contributed by atoms with van der Waals surface area (Å²) in [7, 11) is 0. The van der Waals surface area contributed by atoms with Crippen LogP contribution in [-0.4, -0.2) is 77.0 Å². The Hall–Kier alpha value is -3.20. The predicted molar refractivity (Wildman–Crippen MR) is 167 cm³/mol. The second-order valence-electron chi connectivity index (χ2n) is 10.3. The number of nitrogens with zero attached hydrogens (tertiary/aromatic N) is 3. The maximum atomic E-state index is 13.9. The van der Waals surface area contributed by atoms with Gasteiger partial charge in [-0.2, -0.15) is 0 Å². The summed E-state index contributed by atoms with van der Waals surface area (Å²) in [5.41, 5.74) is 1.98. The first-order chi connectivity index (χ1) is 20.3. The molecule has 2 atom stereocenters. The molecular weight excluding hydrogens is 593 g/mol. The zero-order valence-corrected chi connectivity index (χ0v) is 25.9. The highest BCUT2D eigenvalue weighted by Crippen LogP contribution is 2.21. The number of carbonyl (C=O) groups excluding carboxylic acids is 4. The Labute approximate surface area is 261 Å². The van der Waals surface area contributed by atoms with Crippen LogP contribution in [0.2, 0.25) is 10.0 Å². The molecule has 2 unspecified atom stereocenters. The molecule has 1 aliphatic rings. The summed E-state index contributed by atoms with van der Waals surface area (Å²) in [5.74, 6) is -0.759. The quantitative estimate of drug-likeness (QED) is 0.227. The summed E-state index contributed by atoms with van der Waals surface area (Å²) in [6, 6.07) is 17.1. The van der Waals surface area contributed by atoms with Crippen LogP contribution in [-0.2, 0) is 38.4 Å². The standard InChI is InChI=1S/C32H35Cl2N3O4S/c1-2-27(22-38)36(17-14-24-7-11-26(34)12-8-24)30(39)20-29-32(41)35(16-13-23-5-9-25(33)10-6-23)21-31(40)37(29)18-15-28-4-3-19-42-28/h3-12,19,22,27,29H,2,13-18,20-21H2,1H3. The van der Waals surface area contributed by atoms with Crippen molar-refractivity contribution in [3.63, 3.8) is 0 Å². The molecule has 0 spiro atoms. The molecule has 3 amide bonds. The summed E-state index contributed by atoms with van der Waals surface area (Å²) in [6.07, 6.45) is 2.72. The molecule has 4 rings (SSSR count). The number of thiophene rings is 1. The van der Waals surface area contributed by atoms with Gasteiger partial charge in [0, 0.05) is 34.6 Å². The molecule has 1 aromatic heterocycles. The third-order valence-electron chi connectivity index (χ3n) is 7.60. The summed E-state index contributed by atoms with van der Waals surface area (Å²) >= 11 is 13.6. The number of benzene rings is 2. The van der Waals surface area contributed by atoms with Gasteiger partial charge in [0.1, 0.15) is 12.3 Å². The minimum atomic E-state index is -0.939. The SMILES string of the molecule is CCC(C=O)N(CCc1ccc(Cl)cc1)C(=O)CC1C(=O)N(CCc2ccc(Cl)cc2)CC(=O)N1CCc1cccs1. The first kappa shape index (κ1) is 31.7. The van der Waals surface area contributed by atoms with Crippen LogP contribution in [0.3, 0.4) is 0 Å². The van der Waals surface area contributed by atoms with Gasteiger partial charge in [0.25, 0.3) is 0 Å². The van der Waals surface area contributed by atoms with E-state index >= 15 is 0 Å². The van der Waals surface area contributed by atoms with Crippen molar-refractivity contribution in [3.8, 4) is 0 Å². The first-order valence-electron chi connectivity index (χ1n) is 14.1. The van der Waals surface area contributed by atoms with Crippen molar-refractivity contribution in [2.24, 2.45) is 0 Å². The fraction of sp³-hybridized carbons (Fsp3) is 0.375. The monoisotopic (exact) mass is 627 g/mol. The van der Waals surface area contributed by atoms with Gasteiger partial charge in [-0.1, -0.05) is 60.5 Å². The maximum Gasteiger partial charge on any atom is 0.246 e. The number of hydrogen-bond acceptors (Lipinski definition) is 5. The lowest BCUT2D eigenvalue weighted by Crippen LogP contribution is -2.61. The fourth-order valence-electron chi connectivity index (χ4n) is 5.17. The highest BCUT2D eigenvalue weighted by Gasteiger charge is 2.41. The van der Waals surface area contributed by atoms with Crippen molar-refractivity contribution in [3.05, 3.63) is 92.1 Å². The van der Waals surface area contributed by atoms with E-state index in [1.807, 2.05) is 48.7 Å². The second-order valence-corrected chi connectivity index (χ2v) is 12.3. The molecule has 3 aromatic rings. The van der Waals surface area contributed by atoms with Crippen molar-refractivity contribution in [1.29, 1.82) is 0 Å². The van der Waals surface area contributed by atoms with Crippen LogP contribution in [0.15, 0.2) is 66.0 Å². The average molecular weight is 629 g/mol. The molecule has 0 radical (unpaired) electrons. The number of carbonyl (C=O) groups is 4. The number of hydrogen-bond donors (Lipinski definition) is 0. The summed E-state index contributed by atoms with van der Waals surface area (Å²) in [5, 5.41) is 3.22. The van der Waals surface area contributed by atoms with Gasteiger partial charge < -0.3 is 19.5 Å². The third kappa shape index (κ3) is 8.43. The molecule has 0 N–H and O–H groups in total. The van der Waals surface area contributed by atoms with E-state index in [0.29, 0.717) is 55.4 Å². The van der Waals surface area contributed by atoms with Crippen LogP contribution in [0, 0.1) is 0 Å². The molecule has 10 heteroatoms. The van der Waals surface area contributed by atoms with Crippen molar-refractivity contribution < 1.29 is 19.2 Å². The Morgan fingerprint density at radius 2 is 1.62 bits per heavy atom. The van der Waals surface area contributed by atoms with Crippen LogP contribution in [0.5, 0.6) is 0 Å². The lowest BCUT2D eigenvalue weighted by atomic mass is 10.0. The summed E-state index contributed by atoms with van der Waals surface area (Å²) in [6.45, 7) is 2.81. The van der Waals surface area contributed by atoms with E-state index in [4.69, 9.17) is 23.2 Å². The van der Waals surface area contributed by atoms with Crippen molar-refractivity contribution >= 4 is 58.5 Å². The number of amides is 3. The van der Waals surface area contributed by atoms with Crippen molar-refractivity contribution in [2.45, 2.75) is 51.1 Å². The van der Waals surface area contributed by atoms with Gasteiger partial charge in [0.05, 0.1) is 19.0 Å². The third-order valence-corrected chi connectivity index (χ3v) is 9.04. The Morgan fingerprint density at radius 3 is 2.19 bits per heavy atom. The Balaban J connectivity index is 1.52. The predicted octanol–water partition coefficient (Wildman–Crippen LogP) is 5.32. The molecule has 2 heterocycles. The zero-order chi connectivity index (χ0) is 30.1. The Bertz CT molecular complexity index is 1350. The van der Waals surface area contributed by atoms with E-state index in [9.17, 15) is 19.2 Å². The highest BCUT2D eigenvalue weighted by molar-refractivity contribution is 7.09. The van der Waals surface area contributed by atoms with E-state index in [1.54, 1.807) is 50.3 Å². The van der Waals surface area contributed by atoms with Crippen molar-refractivity contribution in [1.82, 2.24) is 14.7 Å². The molecular formula is C32H35Cl2N3O4S. The van der Waals surface area contributed by atoms with Gasteiger partial charge in [-0.25, -0.2) is 0 Å². The minimum Gasteiger partial charge on any atom is -0.333 e. The first-order valence-corrected chi connectivity index (χ1v) is 15.8. The van der Waals surface area contributed by atoms with Crippen molar-refractivity contribution in [2.75, 3.05) is 26.2 Å². The smallest absolute Gasteiger partial charge is 0.246 e. The molecule has 7 nitrogen and oxygen atoms in total. The lowest BCUT2D eigenvalue weighted by molar-refractivity contribution is -0.158. The van der Waals surface area contributed by atoms with E-state index in [1.165, 1.54) is 0 Å². The maximum absolute atomic E-state index is 13.9. The molecule has 0 bridgehead atoms. The summed E-state index contributed by atoms with van der Waals surface area (Å²) < 4.78 is 0. The van der Waals surface area contributed by atoms with E-state index in [-0.39, 0.29) is 30.7 Å². The molecule has 1 aliphatic heterocycles. The molecule has 0 aliphatic carbocycles. The number of aldehydes is 1. The van der Waals surface area contributed by atoms with Crippen LogP contribution in [0.4, 0.5) is 0 Å². The molecule has 1 fully saturated rings. The number of piperazine rings is 1. The second kappa shape index (κ2) is 15.3.